The molecule has 0 saturated carbocycles. The third-order valence-corrected chi connectivity index (χ3v) is 6.33. The molecule has 1 aliphatic rings. The van der Waals surface area contributed by atoms with Crippen molar-refractivity contribution in [1.82, 2.24) is 14.9 Å². The molecule has 4 rings (SSSR count). The molecule has 0 unspecified atom stereocenters. The number of primary amides is 1. The first-order chi connectivity index (χ1) is 15.9. The first kappa shape index (κ1) is 24.6. The van der Waals surface area contributed by atoms with Gasteiger partial charge in [-0.2, -0.15) is 0 Å². The zero-order valence-electron chi connectivity index (χ0n) is 18.2. The van der Waals surface area contributed by atoms with E-state index >= 15 is 0 Å². The zero-order valence-corrected chi connectivity index (χ0v) is 19.8. The fourth-order valence-corrected chi connectivity index (χ4v) is 4.65. The Hall–Kier alpha value is -3.01. The summed E-state index contributed by atoms with van der Waals surface area (Å²) >= 11 is 7.58. The van der Waals surface area contributed by atoms with Crippen LogP contribution in [0.2, 0.25) is 4.34 Å². The smallest absolute Gasteiger partial charge is 0.327 e. The van der Waals surface area contributed by atoms with E-state index in [0.29, 0.717) is 11.6 Å². The van der Waals surface area contributed by atoms with E-state index in [-0.39, 0.29) is 5.91 Å². The first-order valence-corrected chi connectivity index (χ1v) is 11.7. The Morgan fingerprint density at radius 2 is 2.06 bits per heavy atom. The average Bonchev–Trinajstić information content (AvgIpc) is 3.17. The van der Waals surface area contributed by atoms with E-state index in [1.807, 2.05) is 24.3 Å². The summed E-state index contributed by atoms with van der Waals surface area (Å²) in [5, 5.41) is 12.4. The number of piperidine rings is 1. The summed E-state index contributed by atoms with van der Waals surface area (Å²) in [6.07, 6.45) is 6.19. The fourth-order valence-electron chi connectivity index (χ4n) is 3.59. The molecule has 0 spiro atoms. The summed E-state index contributed by atoms with van der Waals surface area (Å²) < 4.78 is 0.724. The number of hydrogen-bond donors (Lipinski definition) is 3. The predicted molar refractivity (Wildman–Crippen MR) is 132 cm³/mol. The number of allylic oxidation sites excluding steroid dienone is 1. The van der Waals surface area contributed by atoms with Gasteiger partial charge in [0.05, 0.1) is 9.72 Å². The van der Waals surface area contributed by atoms with E-state index in [1.165, 1.54) is 17.4 Å². The molecular weight excluding hydrogens is 462 g/mol. The van der Waals surface area contributed by atoms with Gasteiger partial charge < -0.3 is 16.2 Å². The van der Waals surface area contributed by atoms with E-state index in [9.17, 15) is 9.59 Å². The maximum atomic E-state index is 11.3. The number of fused-ring (bicyclic) bond motifs is 1. The Morgan fingerprint density at radius 3 is 2.70 bits per heavy atom. The molecule has 0 aliphatic carbocycles. The van der Waals surface area contributed by atoms with Crippen molar-refractivity contribution >= 4 is 50.8 Å². The van der Waals surface area contributed by atoms with Crippen LogP contribution >= 0.6 is 22.9 Å². The number of amides is 1. The number of aromatic nitrogens is 2. The molecule has 0 atom stereocenters. The molecule has 10 heteroatoms. The van der Waals surface area contributed by atoms with Gasteiger partial charge in [-0.3, -0.25) is 9.69 Å². The number of benzene rings is 1. The normalized spacial score (nSPS) is 14.7. The second-order valence-electron chi connectivity index (χ2n) is 7.59. The SMILES string of the molecule is C/C=C\C(=O)O.NC(=O)c1cccc(CN2CCC(Nc3ncnc4sc(Cl)cc34)CC2)c1. The Morgan fingerprint density at radius 1 is 1.30 bits per heavy atom. The molecule has 1 aliphatic heterocycles. The van der Waals surface area contributed by atoms with E-state index in [4.69, 9.17) is 22.4 Å². The number of carboxylic acid groups (broad SMARTS) is 1. The number of nitrogens with two attached hydrogens (primary N) is 1. The summed E-state index contributed by atoms with van der Waals surface area (Å²) in [5.74, 6) is -0.419. The molecule has 3 aromatic rings. The van der Waals surface area contributed by atoms with Gasteiger partial charge >= 0.3 is 5.97 Å². The Kier molecular flexibility index (Phi) is 8.76. The quantitative estimate of drug-likeness (QED) is 0.446. The maximum absolute atomic E-state index is 11.3. The summed E-state index contributed by atoms with van der Waals surface area (Å²) in [7, 11) is 0. The van der Waals surface area contributed by atoms with E-state index < -0.39 is 5.97 Å². The lowest BCUT2D eigenvalue weighted by atomic mass is 10.0. The lowest BCUT2D eigenvalue weighted by Crippen LogP contribution is -2.38. The highest BCUT2D eigenvalue weighted by molar-refractivity contribution is 7.22. The topological polar surface area (TPSA) is 121 Å². The number of anilines is 1. The van der Waals surface area contributed by atoms with E-state index in [0.717, 1.165) is 64.5 Å². The molecular formula is C23H26ClN5O3S. The van der Waals surface area contributed by atoms with Crippen LogP contribution in [0.25, 0.3) is 10.2 Å². The van der Waals surface area contributed by atoms with Crippen molar-refractivity contribution in [2.75, 3.05) is 18.4 Å². The van der Waals surface area contributed by atoms with Gasteiger partial charge in [0.25, 0.3) is 0 Å². The van der Waals surface area contributed by atoms with Gasteiger partial charge in [-0.05, 0) is 43.5 Å². The molecule has 1 amide bonds. The molecule has 4 N–H and O–H groups in total. The third-order valence-electron chi connectivity index (χ3n) is 5.15. The Balaban J connectivity index is 0.000000454. The molecule has 0 bridgehead atoms. The molecule has 0 radical (unpaired) electrons. The monoisotopic (exact) mass is 487 g/mol. The Labute approximate surface area is 201 Å². The number of likely N-dealkylation sites (tertiary alicyclic amines) is 1. The highest BCUT2D eigenvalue weighted by Gasteiger charge is 2.21. The Bertz CT molecular complexity index is 1140. The van der Waals surface area contributed by atoms with Crippen molar-refractivity contribution in [2.45, 2.75) is 32.4 Å². The standard InChI is InChI=1S/C19H20ClN5OS.C4H6O2/c20-16-9-15-18(22-11-23-19(15)27-16)24-14-4-6-25(7-5-14)10-12-2-1-3-13(8-12)17(21)26;1-2-3-4(5)6/h1-3,8-9,11,14H,4-7,10H2,(H2,21,26)(H,22,23,24);2-3H,1H3,(H,5,6)/b;3-2-. The van der Waals surface area contributed by atoms with E-state index in [2.05, 4.69) is 20.2 Å². The average molecular weight is 488 g/mol. The van der Waals surface area contributed by atoms with Crippen molar-refractivity contribution < 1.29 is 14.7 Å². The largest absolute Gasteiger partial charge is 0.478 e. The van der Waals surface area contributed by atoms with Crippen LogP contribution < -0.4 is 11.1 Å². The summed E-state index contributed by atoms with van der Waals surface area (Å²) in [6, 6.07) is 9.84. The van der Waals surface area contributed by atoms with Gasteiger partial charge in [0.15, 0.2) is 0 Å². The lowest BCUT2D eigenvalue weighted by Gasteiger charge is -2.32. The lowest BCUT2D eigenvalue weighted by molar-refractivity contribution is -0.131. The molecule has 3 heterocycles. The predicted octanol–water partition coefficient (Wildman–Crippen LogP) is 4.17. The van der Waals surface area contributed by atoms with Crippen LogP contribution in [0.4, 0.5) is 5.82 Å². The van der Waals surface area contributed by atoms with Gasteiger partial charge in [-0.25, -0.2) is 14.8 Å². The minimum Gasteiger partial charge on any atom is -0.478 e. The van der Waals surface area contributed by atoms with E-state index in [1.54, 1.807) is 19.3 Å². The zero-order chi connectivity index (χ0) is 23.8. The molecule has 1 fully saturated rings. The van der Waals surface area contributed by atoms with Crippen molar-refractivity contribution in [3.05, 3.63) is 64.3 Å². The molecule has 1 saturated heterocycles. The molecule has 174 valence electrons. The van der Waals surface area contributed by atoms with Crippen molar-refractivity contribution in [3.63, 3.8) is 0 Å². The van der Waals surface area contributed by atoms with Crippen molar-refractivity contribution in [1.29, 1.82) is 0 Å². The van der Waals surface area contributed by atoms with Crippen LogP contribution in [0, 0.1) is 0 Å². The number of rotatable bonds is 6. The van der Waals surface area contributed by atoms with Crippen LogP contribution in [0.5, 0.6) is 0 Å². The maximum Gasteiger partial charge on any atom is 0.327 e. The first-order valence-electron chi connectivity index (χ1n) is 10.5. The second-order valence-corrected chi connectivity index (χ2v) is 9.25. The number of hydrogen-bond acceptors (Lipinski definition) is 7. The highest BCUT2D eigenvalue weighted by Crippen LogP contribution is 2.32. The molecule has 33 heavy (non-hydrogen) atoms. The third kappa shape index (κ3) is 7.24. The minimum absolute atomic E-state index is 0.370. The highest BCUT2D eigenvalue weighted by atomic mass is 35.5. The summed E-state index contributed by atoms with van der Waals surface area (Å²) in [4.78, 5) is 32.8. The number of carbonyl (C=O) groups excluding carboxylic acids is 1. The number of thiophene rings is 1. The van der Waals surface area contributed by atoms with Crippen LogP contribution in [-0.2, 0) is 11.3 Å². The van der Waals surface area contributed by atoms with Crippen molar-refractivity contribution in [2.24, 2.45) is 5.73 Å². The number of aliphatic carboxylic acids is 1. The molecule has 1 aromatic carbocycles. The number of carboxylic acids is 1. The van der Waals surface area contributed by atoms with Gasteiger partial charge in [0.1, 0.15) is 17.0 Å². The number of nitrogens with zero attached hydrogens (tertiary/aromatic N) is 3. The second kappa shape index (κ2) is 11.7. The van der Waals surface area contributed by atoms with Crippen LogP contribution in [0.15, 0.2) is 48.8 Å². The van der Waals surface area contributed by atoms with Crippen molar-refractivity contribution in [3.8, 4) is 0 Å². The van der Waals surface area contributed by atoms with Gasteiger partial charge in [-0.15, -0.1) is 11.3 Å². The van der Waals surface area contributed by atoms with Gasteiger partial charge in [0, 0.05) is 37.3 Å². The van der Waals surface area contributed by atoms with Crippen LogP contribution in [0.1, 0.15) is 35.7 Å². The number of halogens is 1. The van der Waals surface area contributed by atoms with Crippen LogP contribution in [-0.4, -0.2) is 51.0 Å². The van der Waals surface area contributed by atoms with Gasteiger partial charge in [-0.1, -0.05) is 29.8 Å². The minimum atomic E-state index is -0.891. The number of nitrogens with one attached hydrogen (secondary N) is 1. The van der Waals surface area contributed by atoms with Crippen LogP contribution in [0.3, 0.4) is 0 Å². The fraction of sp³-hybridized carbons (Fsp3) is 0.304. The molecule has 8 nitrogen and oxygen atoms in total. The summed E-state index contributed by atoms with van der Waals surface area (Å²) in [6.45, 7) is 4.45. The number of carbonyl (C=O) groups is 2. The molecule has 2 aromatic heterocycles. The van der Waals surface area contributed by atoms with Gasteiger partial charge in [0.2, 0.25) is 5.91 Å². The summed E-state index contributed by atoms with van der Waals surface area (Å²) in [5.41, 5.74) is 7.04.